The Morgan fingerprint density at radius 3 is 1.91 bits per heavy atom. The van der Waals surface area contributed by atoms with Crippen molar-refractivity contribution < 1.29 is 19.8 Å². The first-order chi connectivity index (χ1) is 10.9. The van der Waals surface area contributed by atoms with Gasteiger partial charge in [-0.15, -0.1) is 23.2 Å². The van der Waals surface area contributed by atoms with Crippen LogP contribution in [0.3, 0.4) is 0 Å². The molecule has 0 saturated carbocycles. The molecule has 0 unspecified atom stereocenters. The first-order valence-electron chi connectivity index (χ1n) is 7.27. The van der Waals surface area contributed by atoms with Gasteiger partial charge in [-0.1, -0.05) is 12.1 Å². The van der Waals surface area contributed by atoms with Crippen LogP contribution in [0.1, 0.15) is 25.3 Å². The lowest BCUT2D eigenvalue weighted by Gasteiger charge is -2.23. The summed E-state index contributed by atoms with van der Waals surface area (Å²) in [5.41, 5.74) is 2.25. The van der Waals surface area contributed by atoms with Crippen molar-refractivity contribution in [1.29, 1.82) is 0 Å². The van der Waals surface area contributed by atoms with Crippen LogP contribution in [-0.2, 0) is 16.0 Å². The van der Waals surface area contributed by atoms with Crippen LogP contribution in [0.4, 0.5) is 5.69 Å². The molecule has 5 nitrogen and oxygen atoms in total. The van der Waals surface area contributed by atoms with Crippen molar-refractivity contribution in [2.45, 2.75) is 26.2 Å². The zero-order valence-corrected chi connectivity index (χ0v) is 14.7. The van der Waals surface area contributed by atoms with Crippen LogP contribution < -0.4 is 4.90 Å². The van der Waals surface area contributed by atoms with Gasteiger partial charge in [-0.05, 0) is 30.5 Å². The second-order valence-corrected chi connectivity index (χ2v) is 5.55. The van der Waals surface area contributed by atoms with Gasteiger partial charge in [0, 0.05) is 43.9 Å². The quantitative estimate of drug-likeness (QED) is 0.656. The fourth-order valence-electron chi connectivity index (χ4n) is 1.89. The summed E-state index contributed by atoms with van der Waals surface area (Å²) in [5, 5.41) is 16.0. The van der Waals surface area contributed by atoms with Gasteiger partial charge >= 0.3 is 5.97 Å². The average Bonchev–Trinajstić information content (AvgIpc) is 2.47. The van der Waals surface area contributed by atoms with Crippen LogP contribution in [-0.4, -0.2) is 47.0 Å². The lowest BCUT2D eigenvalue weighted by atomic mass is 10.1. The van der Waals surface area contributed by atoms with Gasteiger partial charge in [0.25, 0.3) is 5.97 Å². The molecule has 7 heteroatoms. The van der Waals surface area contributed by atoms with Crippen molar-refractivity contribution in [3.63, 3.8) is 0 Å². The van der Waals surface area contributed by atoms with Crippen LogP contribution >= 0.6 is 23.2 Å². The predicted octanol–water partition coefficient (Wildman–Crippen LogP) is 3.47. The Morgan fingerprint density at radius 2 is 1.52 bits per heavy atom. The fraction of sp³-hybridized carbons (Fsp3) is 0.500. The average molecular weight is 364 g/mol. The molecule has 0 bridgehead atoms. The summed E-state index contributed by atoms with van der Waals surface area (Å²) >= 11 is 11.5. The van der Waals surface area contributed by atoms with Crippen molar-refractivity contribution in [2.24, 2.45) is 0 Å². The van der Waals surface area contributed by atoms with Crippen LogP contribution in [0.2, 0.25) is 0 Å². The lowest BCUT2D eigenvalue weighted by molar-refractivity contribution is -0.137. The van der Waals surface area contributed by atoms with Gasteiger partial charge in [0.2, 0.25) is 0 Å². The van der Waals surface area contributed by atoms with Gasteiger partial charge in [0.1, 0.15) is 0 Å². The molecule has 0 aliphatic rings. The zero-order chi connectivity index (χ0) is 17.7. The molecule has 1 aromatic rings. The molecule has 2 N–H and O–H groups in total. The molecule has 0 heterocycles. The maximum absolute atomic E-state index is 10.4. The molecule has 0 spiro atoms. The highest BCUT2D eigenvalue weighted by atomic mass is 35.5. The monoisotopic (exact) mass is 363 g/mol. The molecule has 0 saturated heterocycles. The summed E-state index contributed by atoms with van der Waals surface area (Å²) in [6, 6.07) is 8.14. The molecule has 0 fully saturated rings. The van der Waals surface area contributed by atoms with E-state index >= 15 is 0 Å². The molecule has 0 atom stereocenters. The standard InChI is InChI=1S/C14H19Cl2NO2.C2H4O2/c15-8-10-17(11-9-16)13-6-4-12(5-7-13)2-1-3-14(18)19;1-2(3)4/h4-7H,1-3,8-11H2,(H,18,19);1H3,(H,3,4). The Bertz CT molecular complexity index is 456. The molecule has 0 aliphatic heterocycles. The number of nitrogens with zero attached hydrogens (tertiary/aromatic N) is 1. The third kappa shape index (κ3) is 11.7. The highest BCUT2D eigenvalue weighted by Gasteiger charge is 2.05. The number of benzene rings is 1. The van der Waals surface area contributed by atoms with Crippen molar-refractivity contribution >= 4 is 40.8 Å². The molecule has 130 valence electrons. The van der Waals surface area contributed by atoms with Gasteiger partial charge in [0.05, 0.1) is 0 Å². The molecular weight excluding hydrogens is 341 g/mol. The number of hydrogen-bond donors (Lipinski definition) is 2. The Kier molecular flexibility index (Phi) is 12.2. The molecule has 0 radical (unpaired) electrons. The first kappa shape index (κ1) is 21.5. The van der Waals surface area contributed by atoms with Crippen LogP contribution in [0.15, 0.2) is 24.3 Å². The molecule has 23 heavy (non-hydrogen) atoms. The first-order valence-corrected chi connectivity index (χ1v) is 8.34. The van der Waals surface area contributed by atoms with E-state index in [0.29, 0.717) is 18.2 Å². The number of hydrogen-bond acceptors (Lipinski definition) is 3. The maximum Gasteiger partial charge on any atom is 0.303 e. The van der Waals surface area contributed by atoms with E-state index in [1.165, 1.54) is 0 Å². The van der Waals surface area contributed by atoms with E-state index in [1.54, 1.807) is 0 Å². The SMILES string of the molecule is CC(=O)O.O=C(O)CCCc1ccc(N(CCCl)CCCl)cc1. The van der Waals surface area contributed by atoms with Crippen molar-refractivity contribution in [3.05, 3.63) is 29.8 Å². The normalized spacial score (nSPS) is 9.70. The van der Waals surface area contributed by atoms with Gasteiger partial charge in [-0.3, -0.25) is 9.59 Å². The van der Waals surface area contributed by atoms with E-state index in [-0.39, 0.29) is 6.42 Å². The van der Waals surface area contributed by atoms with Gasteiger partial charge in [-0.2, -0.15) is 0 Å². The van der Waals surface area contributed by atoms with Crippen LogP contribution in [0.5, 0.6) is 0 Å². The van der Waals surface area contributed by atoms with E-state index in [9.17, 15) is 4.79 Å². The summed E-state index contributed by atoms with van der Waals surface area (Å²) in [6.45, 7) is 2.62. The van der Waals surface area contributed by atoms with Gasteiger partial charge in [-0.25, -0.2) is 0 Å². The number of rotatable bonds is 9. The van der Waals surface area contributed by atoms with Crippen LogP contribution in [0.25, 0.3) is 0 Å². The van der Waals surface area contributed by atoms with Crippen molar-refractivity contribution in [3.8, 4) is 0 Å². The molecule has 1 rings (SSSR count). The Balaban J connectivity index is 0.00000108. The maximum atomic E-state index is 10.4. The smallest absolute Gasteiger partial charge is 0.303 e. The topological polar surface area (TPSA) is 77.8 Å². The minimum absolute atomic E-state index is 0.215. The number of aryl methyl sites for hydroxylation is 1. The van der Waals surface area contributed by atoms with E-state index < -0.39 is 11.9 Å². The largest absolute Gasteiger partial charge is 0.481 e. The summed E-state index contributed by atoms with van der Waals surface area (Å²) < 4.78 is 0. The van der Waals surface area contributed by atoms with E-state index in [4.69, 9.17) is 38.2 Å². The Hall–Kier alpha value is -1.46. The van der Waals surface area contributed by atoms with E-state index in [2.05, 4.69) is 4.90 Å². The van der Waals surface area contributed by atoms with Crippen molar-refractivity contribution in [1.82, 2.24) is 0 Å². The number of carboxylic acid groups (broad SMARTS) is 2. The number of anilines is 1. The Labute approximate surface area is 146 Å². The number of halogens is 2. The summed E-state index contributed by atoms with van der Waals surface area (Å²) in [6.07, 6.45) is 1.67. The Morgan fingerprint density at radius 1 is 1.04 bits per heavy atom. The number of carboxylic acids is 2. The minimum atomic E-state index is -0.833. The van der Waals surface area contributed by atoms with Gasteiger partial charge in [0.15, 0.2) is 0 Å². The lowest BCUT2D eigenvalue weighted by Crippen LogP contribution is -2.27. The highest BCUT2D eigenvalue weighted by molar-refractivity contribution is 6.18. The second-order valence-electron chi connectivity index (χ2n) is 4.80. The zero-order valence-electron chi connectivity index (χ0n) is 13.2. The third-order valence-corrected chi connectivity index (χ3v) is 3.20. The van der Waals surface area contributed by atoms with Crippen molar-refractivity contribution in [2.75, 3.05) is 29.7 Å². The van der Waals surface area contributed by atoms with Gasteiger partial charge < -0.3 is 15.1 Å². The summed E-state index contributed by atoms with van der Waals surface area (Å²) in [7, 11) is 0. The minimum Gasteiger partial charge on any atom is -0.481 e. The van der Waals surface area contributed by atoms with Crippen LogP contribution in [0, 0.1) is 0 Å². The number of alkyl halides is 2. The molecule has 0 aliphatic carbocycles. The van der Waals surface area contributed by atoms with E-state index in [1.807, 2.05) is 24.3 Å². The second kappa shape index (κ2) is 13.0. The number of aliphatic carboxylic acids is 2. The molecule has 0 amide bonds. The number of carbonyl (C=O) groups is 2. The highest BCUT2D eigenvalue weighted by Crippen LogP contribution is 2.16. The van der Waals surface area contributed by atoms with E-state index in [0.717, 1.165) is 37.7 Å². The summed E-state index contributed by atoms with van der Waals surface area (Å²) in [5.74, 6) is -0.443. The fourth-order valence-corrected chi connectivity index (χ4v) is 2.30. The third-order valence-electron chi connectivity index (χ3n) is 2.87. The molecule has 0 aromatic heterocycles. The molecule has 1 aromatic carbocycles. The summed E-state index contributed by atoms with van der Waals surface area (Å²) in [4.78, 5) is 21.6. The molecular formula is C16H23Cl2NO4. The predicted molar refractivity (Wildman–Crippen MR) is 94.0 cm³/mol.